The van der Waals surface area contributed by atoms with Gasteiger partial charge in [-0.3, -0.25) is 4.55 Å². The second-order valence-electron chi connectivity index (χ2n) is 4.53. The molecule has 0 fully saturated rings. The first-order chi connectivity index (χ1) is 11.0. The Balaban J connectivity index is 2.50. The lowest BCUT2D eigenvalue weighted by Gasteiger charge is -2.15. The number of carbonyl (C=O) groups is 1. The van der Waals surface area contributed by atoms with Crippen molar-refractivity contribution in [2.24, 2.45) is 0 Å². The van der Waals surface area contributed by atoms with Crippen molar-refractivity contribution >= 4 is 16.1 Å². The number of carboxylic acid groups (broad SMARTS) is 1. The zero-order valence-electron chi connectivity index (χ0n) is 11.6. The third-order valence-electron chi connectivity index (χ3n) is 2.89. The van der Waals surface area contributed by atoms with Gasteiger partial charge in [0.05, 0.1) is 10.5 Å². The van der Waals surface area contributed by atoms with E-state index in [1.54, 1.807) is 0 Å². The molecule has 0 aromatic heterocycles. The summed E-state index contributed by atoms with van der Waals surface area (Å²) < 4.78 is 74.8. The van der Waals surface area contributed by atoms with Gasteiger partial charge in [-0.05, 0) is 36.4 Å². The number of hydrogen-bond donors (Lipinski definition) is 2. The van der Waals surface area contributed by atoms with Crippen LogP contribution in [0.5, 0.6) is 11.5 Å². The van der Waals surface area contributed by atoms with E-state index in [0.29, 0.717) is 6.07 Å². The average Bonchev–Trinajstić information content (AvgIpc) is 2.45. The highest BCUT2D eigenvalue weighted by Crippen LogP contribution is 2.40. The smallest absolute Gasteiger partial charge is 0.420 e. The van der Waals surface area contributed by atoms with E-state index < -0.39 is 44.0 Å². The number of alkyl halides is 3. The molecule has 2 rings (SSSR count). The fourth-order valence-corrected chi connectivity index (χ4v) is 2.32. The lowest BCUT2D eigenvalue weighted by atomic mass is 10.1. The van der Waals surface area contributed by atoms with Crippen molar-refractivity contribution in [3.05, 3.63) is 53.6 Å². The van der Waals surface area contributed by atoms with Gasteiger partial charge in [-0.15, -0.1) is 0 Å². The lowest BCUT2D eigenvalue weighted by Crippen LogP contribution is -2.11. The van der Waals surface area contributed by atoms with Crippen LogP contribution in [0.15, 0.2) is 47.4 Å². The fraction of sp³-hybridized carbons (Fsp3) is 0.0714. The maximum absolute atomic E-state index is 13.0. The number of ether oxygens (including phenoxy) is 1. The minimum Gasteiger partial charge on any atom is -0.478 e. The van der Waals surface area contributed by atoms with Gasteiger partial charge in [0.2, 0.25) is 0 Å². The largest absolute Gasteiger partial charge is 0.478 e. The molecule has 0 aliphatic heterocycles. The molecule has 0 bridgehead atoms. The highest BCUT2D eigenvalue weighted by molar-refractivity contribution is 7.85. The van der Waals surface area contributed by atoms with Gasteiger partial charge in [0.1, 0.15) is 11.3 Å². The monoisotopic (exact) mass is 362 g/mol. The molecule has 0 unspecified atom stereocenters. The van der Waals surface area contributed by atoms with Gasteiger partial charge < -0.3 is 9.84 Å². The Morgan fingerprint density at radius 3 is 2.08 bits per heavy atom. The minimum absolute atomic E-state index is 0.235. The maximum Gasteiger partial charge on any atom is 0.420 e. The van der Waals surface area contributed by atoms with Crippen molar-refractivity contribution in [2.45, 2.75) is 11.1 Å². The summed E-state index contributed by atoms with van der Waals surface area (Å²) in [5.41, 5.74) is -2.00. The predicted octanol–water partition coefficient (Wildman–Crippen LogP) is 3.44. The van der Waals surface area contributed by atoms with Crippen molar-refractivity contribution < 1.29 is 40.8 Å². The van der Waals surface area contributed by atoms with E-state index in [9.17, 15) is 26.4 Å². The summed E-state index contributed by atoms with van der Waals surface area (Å²) in [4.78, 5) is 10.6. The molecule has 2 aromatic carbocycles. The van der Waals surface area contributed by atoms with Crippen LogP contribution in [0.2, 0.25) is 0 Å². The lowest BCUT2D eigenvalue weighted by molar-refractivity contribution is -0.138. The standard InChI is InChI=1S/C14H9F3O6S/c15-14(16,17)11-3-1-2-10(13(18)19)12(11)23-8-4-6-9(7-5-8)24(20,21)22/h1-7H,(H,18,19)(H,20,21,22). The van der Waals surface area contributed by atoms with E-state index in [4.69, 9.17) is 14.4 Å². The van der Waals surface area contributed by atoms with Crippen molar-refractivity contribution in [3.8, 4) is 11.5 Å². The van der Waals surface area contributed by atoms with Gasteiger partial charge in [-0.2, -0.15) is 21.6 Å². The molecule has 0 spiro atoms. The van der Waals surface area contributed by atoms with Crippen LogP contribution in [0.1, 0.15) is 15.9 Å². The predicted molar refractivity (Wildman–Crippen MR) is 74.7 cm³/mol. The third kappa shape index (κ3) is 3.84. The summed E-state index contributed by atoms with van der Waals surface area (Å²) in [6.45, 7) is 0. The van der Waals surface area contributed by atoms with Gasteiger partial charge in [0, 0.05) is 0 Å². The van der Waals surface area contributed by atoms with Crippen LogP contribution in [0.4, 0.5) is 13.2 Å². The topological polar surface area (TPSA) is 101 Å². The first-order valence-corrected chi connectivity index (χ1v) is 7.63. The normalized spacial score (nSPS) is 12.0. The van der Waals surface area contributed by atoms with Gasteiger partial charge in [-0.1, -0.05) is 6.07 Å². The van der Waals surface area contributed by atoms with Gasteiger partial charge in [0.25, 0.3) is 10.1 Å². The number of rotatable bonds is 4. The van der Waals surface area contributed by atoms with Crippen molar-refractivity contribution in [2.75, 3.05) is 0 Å². The Morgan fingerprint density at radius 2 is 1.62 bits per heavy atom. The molecule has 6 nitrogen and oxygen atoms in total. The second-order valence-corrected chi connectivity index (χ2v) is 5.96. The van der Waals surface area contributed by atoms with E-state index >= 15 is 0 Å². The van der Waals surface area contributed by atoms with Gasteiger partial charge >= 0.3 is 12.1 Å². The summed E-state index contributed by atoms with van der Waals surface area (Å²) in [7, 11) is -4.48. The Labute approximate surface area is 133 Å². The summed E-state index contributed by atoms with van der Waals surface area (Å²) in [5.74, 6) is -2.77. The molecule has 0 heterocycles. The summed E-state index contributed by atoms with van der Waals surface area (Å²) in [6.07, 6.45) is -4.85. The molecule has 0 amide bonds. The van der Waals surface area contributed by atoms with Gasteiger partial charge in [0.15, 0.2) is 5.75 Å². The number of halogens is 3. The third-order valence-corrected chi connectivity index (χ3v) is 3.76. The van der Waals surface area contributed by atoms with Crippen LogP contribution >= 0.6 is 0 Å². The summed E-state index contributed by atoms with van der Waals surface area (Å²) in [5, 5.41) is 9.02. The zero-order valence-corrected chi connectivity index (χ0v) is 12.4. The molecule has 2 N–H and O–H groups in total. The van der Waals surface area contributed by atoms with Crippen LogP contribution < -0.4 is 4.74 Å². The van der Waals surface area contributed by atoms with Crippen molar-refractivity contribution in [1.82, 2.24) is 0 Å². The van der Waals surface area contributed by atoms with Crippen molar-refractivity contribution in [1.29, 1.82) is 0 Å². The molecule has 24 heavy (non-hydrogen) atoms. The van der Waals surface area contributed by atoms with E-state index in [-0.39, 0.29) is 5.75 Å². The van der Waals surface area contributed by atoms with Crippen LogP contribution in [0, 0.1) is 0 Å². The van der Waals surface area contributed by atoms with Crippen molar-refractivity contribution in [3.63, 3.8) is 0 Å². The Morgan fingerprint density at radius 1 is 1.04 bits per heavy atom. The highest BCUT2D eigenvalue weighted by Gasteiger charge is 2.36. The molecular weight excluding hydrogens is 353 g/mol. The number of benzene rings is 2. The quantitative estimate of drug-likeness (QED) is 0.808. The Bertz CT molecular complexity index is 872. The summed E-state index contributed by atoms with van der Waals surface area (Å²) in [6, 6.07) is 6.32. The van der Waals surface area contributed by atoms with E-state index in [1.807, 2.05) is 0 Å². The van der Waals surface area contributed by atoms with E-state index in [0.717, 1.165) is 36.4 Å². The van der Waals surface area contributed by atoms with E-state index in [1.165, 1.54) is 0 Å². The summed E-state index contributed by atoms with van der Waals surface area (Å²) >= 11 is 0. The molecule has 0 saturated heterocycles. The highest BCUT2D eigenvalue weighted by atomic mass is 32.2. The SMILES string of the molecule is O=C(O)c1cccc(C(F)(F)F)c1Oc1ccc(S(=O)(=O)O)cc1. The van der Waals surface area contributed by atoms with Crippen LogP contribution in [0.25, 0.3) is 0 Å². The molecule has 128 valence electrons. The molecule has 10 heteroatoms. The molecule has 0 aliphatic rings. The molecule has 0 saturated carbocycles. The zero-order chi connectivity index (χ0) is 18.1. The van der Waals surface area contributed by atoms with E-state index in [2.05, 4.69) is 0 Å². The molecular formula is C14H9F3O6S. The number of para-hydroxylation sites is 1. The maximum atomic E-state index is 13.0. The second kappa shape index (κ2) is 6.13. The molecule has 0 atom stereocenters. The van der Waals surface area contributed by atoms with Crippen LogP contribution in [-0.4, -0.2) is 24.0 Å². The first kappa shape index (κ1) is 17.8. The van der Waals surface area contributed by atoms with Crippen LogP contribution in [-0.2, 0) is 16.3 Å². The fourth-order valence-electron chi connectivity index (χ4n) is 1.84. The molecule has 0 radical (unpaired) electrons. The average molecular weight is 362 g/mol. The Kier molecular flexibility index (Phi) is 4.54. The van der Waals surface area contributed by atoms with Gasteiger partial charge in [-0.25, -0.2) is 4.79 Å². The number of aromatic carboxylic acids is 1. The van der Waals surface area contributed by atoms with Crippen LogP contribution in [0.3, 0.4) is 0 Å². The number of carboxylic acids is 1. The first-order valence-electron chi connectivity index (χ1n) is 6.19. The molecule has 0 aliphatic carbocycles. The minimum atomic E-state index is -4.85. The molecule has 2 aromatic rings. The Hall–Kier alpha value is -2.59. The number of hydrogen-bond acceptors (Lipinski definition) is 4.